The fourth-order valence-corrected chi connectivity index (χ4v) is 25.4. The number of esters is 1. The van der Waals surface area contributed by atoms with Crippen molar-refractivity contribution < 1.29 is 9.53 Å². The Bertz CT molecular complexity index is 2660. The fourth-order valence-electron chi connectivity index (χ4n) is 25.4. The molecule has 11 fully saturated rings. The van der Waals surface area contributed by atoms with Gasteiger partial charge in [-0.2, -0.15) is 0 Å². The third-order valence-corrected chi connectivity index (χ3v) is 25.1. The van der Waals surface area contributed by atoms with Crippen LogP contribution in [0.15, 0.2) is 120 Å². The maximum Gasteiger partial charge on any atom is 0.311 e. The van der Waals surface area contributed by atoms with E-state index in [0.29, 0.717) is 12.2 Å². The number of rotatable bonds is 7. The van der Waals surface area contributed by atoms with Crippen molar-refractivity contribution in [1.29, 1.82) is 0 Å². The van der Waals surface area contributed by atoms with Gasteiger partial charge in [-0.3, -0.25) is 4.79 Å². The molecule has 29 atom stereocenters. The molecular formula is C59H56O2. The first-order valence-electron chi connectivity index (χ1n) is 25.7. The van der Waals surface area contributed by atoms with E-state index in [9.17, 15) is 4.79 Å². The molecule has 0 aromatic heterocycles. The van der Waals surface area contributed by atoms with Crippen molar-refractivity contribution in [1.82, 2.24) is 0 Å². The highest BCUT2D eigenvalue weighted by Gasteiger charge is 2.89. The standard InChI is InChI=1S/C59H56O2/c1-2-23-10-12-25(13-11-23)61-34(60)9-6-22-59(24-7-4-3-5-8-24)57-43-32-20-18-30-28-16-14-26-27-15-17-29-31-19-21-33-42-40(31)47-38(29)36(27)45-35(26)37(28)46-39(30)41(32)48-50(43)51(44(33)58(57)59)49(42)56-54(47)52(45)53(46)55(48)56/h2-5,7-8,10-18,20,26-33,35-44,47-51,54-58H,1,6,9,19,21-22H2. The van der Waals surface area contributed by atoms with E-state index in [0.717, 1.165) is 184 Å². The number of carbonyl (C=O) groups excluding carboxylic acids is 1. The van der Waals surface area contributed by atoms with Gasteiger partial charge in [-0.05, 0) is 226 Å². The van der Waals surface area contributed by atoms with Crippen molar-refractivity contribution >= 4 is 12.0 Å². The molecule has 0 heterocycles. The van der Waals surface area contributed by atoms with E-state index in [1.807, 2.05) is 30.3 Å². The molecule has 29 unspecified atom stereocenters. The van der Waals surface area contributed by atoms with E-state index < -0.39 is 0 Å². The Labute approximate surface area is 360 Å². The predicted octanol–water partition coefficient (Wildman–Crippen LogP) is 10.9. The second kappa shape index (κ2) is 9.86. The molecule has 0 aliphatic heterocycles. The SMILES string of the molecule is C=Cc1ccc(OC(=O)CCCC2(c3ccccc3)C3C4C5C=CC6C7C=CC8C9C=CC%10C%11CCC%12C%13C%11C%11C%14C%15=C(C8C7C7=C%15C8C%14C%13C(C4C8C5C76)C%12C32)C9C%10%11)cc1. The van der Waals surface area contributed by atoms with Crippen LogP contribution >= 0.6 is 0 Å². The molecule has 0 spiro atoms. The first-order valence-corrected chi connectivity index (χ1v) is 25.7. The number of allylic oxidation sites excluding steroid dienone is 10. The van der Waals surface area contributed by atoms with Gasteiger partial charge in [-0.1, -0.05) is 103 Å². The number of benzene rings is 2. The summed E-state index contributed by atoms with van der Waals surface area (Å²) in [7, 11) is 0. The van der Waals surface area contributed by atoms with Crippen LogP contribution in [-0.2, 0) is 10.2 Å². The Morgan fingerprint density at radius 1 is 0.557 bits per heavy atom. The Morgan fingerprint density at radius 3 is 1.85 bits per heavy atom. The normalized spacial score (nSPS) is 60.7. The second-order valence-electron chi connectivity index (χ2n) is 24.9. The Kier molecular flexibility index (Phi) is 5.18. The lowest BCUT2D eigenvalue weighted by atomic mass is 9.44. The minimum atomic E-state index is -0.0625. The summed E-state index contributed by atoms with van der Waals surface area (Å²) in [5.74, 6) is 25.0. The maximum atomic E-state index is 13.7. The summed E-state index contributed by atoms with van der Waals surface area (Å²) in [6.07, 6.45) is 24.9. The van der Waals surface area contributed by atoms with Gasteiger partial charge >= 0.3 is 5.97 Å². The van der Waals surface area contributed by atoms with Crippen molar-refractivity contribution in [3.8, 4) is 5.75 Å². The van der Waals surface area contributed by atoms with E-state index in [1.54, 1.807) is 5.56 Å². The van der Waals surface area contributed by atoms with Crippen LogP contribution in [-0.4, -0.2) is 5.97 Å². The number of hydrogen-bond donors (Lipinski definition) is 0. The Morgan fingerprint density at radius 2 is 1.13 bits per heavy atom. The minimum Gasteiger partial charge on any atom is -0.427 e. The largest absolute Gasteiger partial charge is 0.427 e. The van der Waals surface area contributed by atoms with Crippen molar-refractivity contribution in [2.24, 2.45) is 166 Å². The number of hydrogen-bond acceptors (Lipinski definition) is 2. The average Bonchev–Trinajstić information content (AvgIpc) is 3.91. The lowest BCUT2D eigenvalue weighted by Gasteiger charge is -2.60. The zero-order chi connectivity index (χ0) is 38.8. The van der Waals surface area contributed by atoms with Gasteiger partial charge in [0.1, 0.15) is 5.75 Å². The maximum absolute atomic E-state index is 13.7. The second-order valence-corrected chi connectivity index (χ2v) is 24.9. The van der Waals surface area contributed by atoms with E-state index >= 15 is 0 Å². The van der Waals surface area contributed by atoms with E-state index in [1.165, 1.54) is 12.8 Å². The third kappa shape index (κ3) is 3.01. The van der Waals surface area contributed by atoms with Gasteiger partial charge in [0.2, 0.25) is 0 Å². The molecule has 0 amide bonds. The quantitative estimate of drug-likeness (QED) is 0.158. The van der Waals surface area contributed by atoms with Gasteiger partial charge in [-0.15, -0.1) is 0 Å². The van der Waals surface area contributed by atoms with Crippen molar-refractivity contribution in [3.63, 3.8) is 0 Å². The molecule has 2 nitrogen and oxygen atoms in total. The molecule has 0 radical (unpaired) electrons. The molecule has 17 aliphatic carbocycles. The zero-order valence-electron chi connectivity index (χ0n) is 35.0. The van der Waals surface area contributed by atoms with Gasteiger partial charge in [0.05, 0.1) is 0 Å². The van der Waals surface area contributed by atoms with Crippen LogP contribution in [0.25, 0.3) is 6.08 Å². The molecule has 2 heteroatoms. The zero-order valence-corrected chi connectivity index (χ0v) is 35.0. The third-order valence-electron chi connectivity index (χ3n) is 25.1. The molecule has 2 aromatic carbocycles. The summed E-state index contributed by atoms with van der Waals surface area (Å²) in [5.41, 5.74) is 11.5. The van der Waals surface area contributed by atoms with Gasteiger partial charge in [-0.25, -0.2) is 0 Å². The molecule has 0 bridgehead atoms. The highest BCUT2D eigenvalue weighted by molar-refractivity contribution is 5.72. The minimum absolute atomic E-state index is 0.0625. The van der Waals surface area contributed by atoms with Crippen LogP contribution in [0.4, 0.5) is 0 Å². The number of fused-ring (bicyclic) bond motifs is 8. The monoisotopic (exact) mass is 796 g/mol. The smallest absolute Gasteiger partial charge is 0.311 e. The molecule has 304 valence electrons. The molecular weight excluding hydrogens is 741 g/mol. The highest BCUT2D eigenvalue weighted by atomic mass is 16.5. The molecule has 17 aliphatic rings. The highest BCUT2D eigenvalue weighted by Crippen LogP contribution is 2.93. The van der Waals surface area contributed by atoms with Crippen molar-refractivity contribution in [3.05, 3.63) is 131 Å². The van der Waals surface area contributed by atoms with E-state index in [-0.39, 0.29) is 11.4 Å². The molecule has 0 N–H and O–H groups in total. The molecule has 61 heavy (non-hydrogen) atoms. The topological polar surface area (TPSA) is 26.3 Å². The van der Waals surface area contributed by atoms with E-state index in [2.05, 4.69) is 95.7 Å². The van der Waals surface area contributed by atoms with Crippen molar-refractivity contribution in [2.45, 2.75) is 37.5 Å². The van der Waals surface area contributed by atoms with Crippen LogP contribution in [0.5, 0.6) is 5.75 Å². The molecule has 19 rings (SSSR count). The predicted molar refractivity (Wildman–Crippen MR) is 233 cm³/mol. The fraction of sp³-hybridized carbons (Fsp3) is 0.576. The van der Waals surface area contributed by atoms with Gasteiger partial charge < -0.3 is 4.74 Å². The summed E-state index contributed by atoms with van der Waals surface area (Å²) in [4.78, 5) is 13.7. The van der Waals surface area contributed by atoms with Crippen LogP contribution in [0, 0.1) is 166 Å². The van der Waals surface area contributed by atoms with Crippen LogP contribution in [0.1, 0.15) is 43.2 Å². The molecule has 0 saturated heterocycles. The first kappa shape index (κ1) is 32.1. The number of carbonyl (C=O) groups is 1. The Balaban J connectivity index is 0.817. The first-order chi connectivity index (χ1) is 30.2. The van der Waals surface area contributed by atoms with Gasteiger partial charge in [0, 0.05) is 11.8 Å². The lowest BCUT2D eigenvalue weighted by Crippen LogP contribution is -2.56. The summed E-state index contributed by atoms with van der Waals surface area (Å²) >= 11 is 0. The Hall–Kier alpha value is -3.65. The molecule has 11 saturated carbocycles. The molecule has 2 aromatic rings. The number of ether oxygens (including phenoxy) is 1. The van der Waals surface area contributed by atoms with Crippen LogP contribution < -0.4 is 4.74 Å². The van der Waals surface area contributed by atoms with Crippen LogP contribution in [0.2, 0.25) is 0 Å². The summed E-state index contributed by atoms with van der Waals surface area (Å²) in [5, 5.41) is 0. The summed E-state index contributed by atoms with van der Waals surface area (Å²) in [6, 6.07) is 20.0. The summed E-state index contributed by atoms with van der Waals surface area (Å²) in [6.45, 7) is 3.90. The van der Waals surface area contributed by atoms with Gasteiger partial charge in [0.25, 0.3) is 0 Å². The van der Waals surface area contributed by atoms with Crippen molar-refractivity contribution in [2.75, 3.05) is 0 Å². The lowest BCUT2D eigenvalue weighted by molar-refractivity contribution is -0.134. The van der Waals surface area contributed by atoms with Gasteiger partial charge in [0.15, 0.2) is 0 Å². The van der Waals surface area contributed by atoms with Crippen LogP contribution in [0.3, 0.4) is 0 Å². The van der Waals surface area contributed by atoms with E-state index in [4.69, 9.17) is 4.74 Å². The average molecular weight is 797 g/mol. The summed E-state index contributed by atoms with van der Waals surface area (Å²) < 4.78 is 6.01.